The molecule has 0 aliphatic carbocycles. The molecule has 0 unspecified atom stereocenters. The van der Waals surface area contributed by atoms with Crippen molar-refractivity contribution in [1.29, 1.82) is 0 Å². The molecule has 0 aliphatic heterocycles. The number of halogens is 5. The monoisotopic (exact) mass is 379 g/mol. The number of alkyl halides is 4. The Labute approximate surface area is 112 Å². The van der Waals surface area contributed by atoms with Crippen LogP contribution in [0.5, 0.6) is 5.75 Å². The number of hydrogen-bond acceptors (Lipinski definition) is 3. The number of carboxylic acid groups (broad SMARTS) is 1. The van der Waals surface area contributed by atoms with Crippen LogP contribution < -0.4 is 4.74 Å². The van der Waals surface area contributed by atoms with Crippen molar-refractivity contribution in [3.63, 3.8) is 0 Å². The summed E-state index contributed by atoms with van der Waals surface area (Å²) in [6.07, 6.45) is -5.55. The van der Waals surface area contributed by atoms with Crippen LogP contribution in [0.25, 0.3) is 0 Å². The summed E-state index contributed by atoms with van der Waals surface area (Å²) in [4.78, 5) is 14.1. The van der Waals surface area contributed by atoms with Gasteiger partial charge in [0, 0.05) is 6.07 Å². The van der Waals surface area contributed by atoms with Crippen LogP contribution in [0.3, 0.4) is 0 Å². The van der Waals surface area contributed by atoms with E-state index < -0.39 is 31.2 Å². The molecule has 0 atom stereocenters. The lowest BCUT2D eigenvalue weighted by Gasteiger charge is -2.13. The maximum atomic E-state index is 12.6. The predicted molar refractivity (Wildman–Crippen MR) is 59.8 cm³/mol. The van der Waals surface area contributed by atoms with E-state index in [4.69, 9.17) is 5.11 Å². The summed E-state index contributed by atoms with van der Waals surface area (Å²) in [7, 11) is 0. The fourth-order valence-corrected chi connectivity index (χ4v) is 1.68. The summed E-state index contributed by atoms with van der Waals surface area (Å²) >= 11 is 1.46. The quantitative estimate of drug-likeness (QED) is 0.646. The highest BCUT2D eigenvalue weighted by Crippen LogP contribution is 2.30. The zero-order valence-electron chi connectivity index (χ0n) is 8.59. The average Bonchev–Trinajstić information content (AvgIpc) is 2.19. The van der Waals surface area contributed by atoms with Crippen LogP contribution in [0.15, 0.2) is 6.07 Å². The Morgan fingerprint density at radius 2 is 2.11 bits per heavy atom. The van der Waals surface area contributed by atoms with Crippen molar-refractivity contribution in [2.45, 2.75) is 19.5 Å². The van der Waals surface area contributed by atoms with Gasteiger partial charge in [0.25, 0.3) is 0 Å². The number of rotatable bonds is 4. The lowest BCUT2D eigenvalue weighted by atomic mass is 10.2. The minimum absolute atomic E-state index is 0.137. The fourth-order valence-electron chi connectivity index (χ4n) is 1.14. The highest BCUT2D eigenvalue weighted by Gasteiger charge is 2.32. The topological polar surface area (TPSA) is 59.4 Å². The third kappa shape index (κ3) is 4.27. The van der Waals surface area contributed by atoms with Crippen LogP contribution in [0.1, 0.15) is 11.4 Å². The van der Waals surface area contributed by atoms with E-state index in [0.717, 1.165) is 6.07 Å². The Hall–Kier alpha value is -1.13. The van der Waals surface area contributed by atoms with E-state index in [9.17, 15) is 22.4 Å². The third-order valence-electron chi connectivity index (χ3n) is 1.73. The molecule has 1 N–H and O–H groups in total. The second-order valence-electron chi connectivity index (χ2n) is 3.12. The second kappa shape index (κ2) is 5.67. The minimum Gasteiger partial charge on any atom is -0.481 e. The van der Waals surface area contributed by atoms with Gasteiger partial charge in [-0.1, -0.05) is 0 Å². The highest BCUT2D eigenvalue weighted by molar-refractivity contribution is 14.1. The van der Waals surface area contributed by atoms with Crippen molar-refractivity contribution in [1.82, 2.24) is 4.98 Å². The molecular formula is C9H6F4INO3. The Morgan fingerprint density at radius 1 is 1.50 bits per heavy atom. The fraction of sp³-hybridized carbons (Fsp3) is 0.333. The van der Waals surface area contributed by atoms with Gasteiger partial charge in [0.05, 0.1) is 21.4 Å². The largest absolute Gasteiger partial charge is 0.573 e. The lowest BCUT2D eigenvalue weighted by molar-refractivity contribution is -0.275. The molecule has 0 fully saturated rings. The third-order valence-corrected chi connectivity index (χ3v) is 2.88. The number of aromatic nitrogens is 1. The van der Waals surface area contributed by atoms with Crippen molar-refractivity contribution < 1.29 is 32.2 Å². The molecule has 1 aromatic heterocycles. The molecule has 18 heavy (non-hydrogen) atoms. The standard InChI is InChI=1S/C9H6F4INO3/c10-3-5-8(14)6(18-9(11,12)13)1-4(15-5)2-7(16)17/h1H,2-3H2,(H,16,17). The van der Waals surface area contributed by atoms with Crippen molar-refractivity contribution >= 4 is 28.6 Å². The summed E-state index contributed by atoms with van der Waals surface area (Å²) in [5, 5.41) is 8.52. The van der Waals surface area contributed by atoms with Gasteiger partial charge in [-0.25, -0.2) is 4.39 Å². The van der Waals surface area contributed by atoms with E-state index in [2.05, 4.69) is 9.72 Å². The maximum Gasteiger partial charge on any atom is 0.573 e. The molecule has 0 aromatic carbocycles. The number of ether oxygens (including phenoxy) is 1. The van der Waals surface area contributed by atoms with Crippen LogP contribution in [0.4, 0.5) is 17.6 Å². The van der Waals surface area contributed by atoms with Gasteiger partial charge in [0.1, 0.15) is 12.4 Å². The van der Waals surface area contributed by atoms with E-state index in [1.807, 2.05) is 0 Å². The van der Waals surface area contributed by atoms with Crippen molar-refractivity contribution in [3.8, 4) is 5.75 Å². The van der Waals surface area contributed by atoms with Gasteiger partial charge < -0.3 is 9.84 Å². The molecule has 1 aromatic rings. The van der Waals surface area contributed by atoms with Gasteiger partial charge in [-0.15, -0.1) is 13.2 Å². The van der Waals surface area contributed by atoms with E-state index in [1.165, 1.54) is 22.6 Å². The SMILES string of the molecule is O=C(O)Cc1cc(OC(F)(F)F)c(I)c(CF)n1. The number of nitrogens with zero attached hydrogens (tertiary/aromatic N) is 1. The van der Waals surface area contributed by atoms with Gasteiger partial charge in [0.15, 0.2) is 0 Å². The Balaban J connectivity index is 3.18. The lowest BCUT2D eigenvalue weighted by Crippen LogP contribution is -2.19. The summed E-state index contributed by atoms with van der Waals surface area (Å²) in [5.74, 6) is -1.94. The highest BCUT2D eigenvalue weighted by atomic mass is 127. The molecule has 1 heterocycles. The smallest absolute Gasteiger partial charge is 0.481 e. The van der Waals surface area contributed by atoms with Gasteiger partial charge in [-0.05, 0) is 22.6 Å². The summed E-state index contributed by atoms with van der Waals surface area (Å²) in [6.45, 7) is -1.11. The molecule has 0 aliphatic rings. The average molecular weight is 379 g/mol. The molecule has 100 valence electrons. The van der Waals surface area contributed by atoms with E-state index in [-0.39, 0.29) is 15.0 Å². The molecule has 9 heteroatoms. The van der Waals surface area contributed by atoms with Gasteiger partial charge in [-0.3, -0.25) is 9.78 Å². The number of pyridine rings is 1. The first-order valence-electron chi connectivity index (χ1n) is 4.44. The maximum absolute atomic E-state index is 12.6. The second-order valence-corrected chi connectivity index (χ2v) is 4.20. The number of carbonyl (C=O) groups is 1. The number of carboxylic acids is 1. The molecule has 0 spiro atoms. The van der Waals surface area contributed by atoms with Crippen LogP contribution in [-0.4, -0.2) is 22.4 Å². The molecule has 0 radical (unpaired) electrons. The van der Waals surface area contributed by atoms with Gasteiger partial charge >= 0.3 is 12.3 Å². The first-order chi connectivity index (χ1) is 8.23. The van der Waals surface area contributed by atoms with Crippen LogP contribution in [-0.2, 0) is 17.9 Å². The van der Waals surface area contributed by atoms with Crippen molar-refractivity contribution in [3.05, 3.63) is 21.0 Å². The predicted octanol–water partition coefficient (Wildman–Crippen LogP) is 2.68. The first-order valence-corrected chi connectivity index (χ1v) is 5.52. The molecular weight excluding hydrogens is 373 g/mol. The molecule has 4 nitrogen and oxygen atoms in total. The minimum atomic E-state index is -4.94. The number of hydrogen-bond donors (Lipinski definition) is 1. The van der Waals surface area contributed by atoms with Crippen LogP contribution in [0.2, 0.25) is 0 Å². The van der Waals surface area contributed by atoms with Gasteiger partial charge in [0.2, 0.25) is 0 Å². The summed E-state index contributed by atoms with van der Waals surface area (Å²) < 4.78 is 52.4. The molecule has 0 amide bonds. The molecule has 0 saturated carbocycles. The zero-order valence-corrected chi connectivity index (χ0v) is 10.7. The number of aliphatic carboxylic acids is 1. The molecule has 0 bridgehead atoms. The normalized spacial score (nSPS) is 11.4. The van der Waals surface area contributed by atoms with Crippen LogP contribution >= 0.6 is 22.6 Å². The van der Waals surface area contributed by atoms with Gasteiger partial charge in [-0.2, -0.15) is 0 Å². The van der Waals surface area contributed by atoms with E-state index >= 15 is 0 Å². The van der Waals surface area contributed by atoms with E-state index in [1.54, 1.807) is 0 Å². The summed E-state index contributed by atoms with van der Waals surface area (Å²) in [6, 6.07) is 0.836. The summed E-state index contributed by atoms with van der Waals surface area (Å²) in [5.41, 5.74) is -0.483. The zero-order chi connectivity index (χ0) is 13.9. The Morgan fingerprint density at radius 3 is 2.56 bits per heavy atom. The Kier molecular flexibility index (Phi) is 4.71. The van der Waals surface area contributed by atoms with Crippen molar-refractivity contribution in [2.24, 2.45) is 0 Å². The first kappa shape index (κ1) is 14.9. The Bertz CT molecular complexity index is 464. The molecule has 0 saturated heterocycles. The van der Waals surface area contributed by atoms with Crippen LogP contribution in [0, 0.1) is 3.57 Å². The molecule has 1 rings (SSSR count). The van der Waals surface area contributed by atoms with Crippen molar-refractivity contribution in [2.75, 3.05) is 0 Å². The van der Waals surface area contributed by atoms with E-state index in [0.29, 0.717) is 0 Å².